The lowest BCUT2D eigenvalue weighted by molar-refractivity contribution is 0.0468. The van der Waals surface area contributed by atoms with Gasteiger partial charge in [-0.1, -0.05) is 6.92 Å². The van der Waals surface area contributed by atoms with Crippen LogP contribution in [0.4, 0.5) is 0 Å². The van der Waals surface area contributed by atoms with Gasteiger partial charge in [0.2, 0.25) is 0 Å². The highest BCUT2D eigenvalue weighted by Gasteiger charge is 2.32. The molecule has 0 N–H and O–H groups in total. The third-order valence-electron chi connectivity index (χ3n) is 3.99. The molecule has 3 heterocycles. The van der Waals surface area contributed by atoms with Crippen molar-refractivity contribution in [1.82, 2.24) is 24.3 Å². The number of aryl methyl sites for hydroxylation is 1. The van der Waals surface area contributed by atoms with Crippen LogP contribution in [0.15, 0.2) is 23.3 Å². The second-order valence-corrected chi connectivity index (χ2v) is 5.88. The number of thiazole rings is 1. The van der Waals surface area contributed by atoms with Gasteiger partial charge in [-0.2, -0.15) is 0 Å². The van der Waals surface area contributed by atoms with Crippen molar-refractivity contribution in [3.8, 4) is 0 Å². The second kappa shape index (κ2) is 5.95. The van der Waals surface area contributed by atoms with Gasteiger partial charge in [0.05, 0.1) is 11.6 Å². The fourth-order valence-corrected chi connectivity index (χ4v) is 3.33. The van der Waals surface area contributed by atoms with Crippen molar-refractivity contribution in [3.05, 3.63) is 34.8 Å². The number of imidazole rings is 1. The van der Waals surface area contributed by atoms with E-state index < -0.39 is 0 Å². The summed E-state index contributed by atoms with van der Waals surface area (Å²) in [4.78, 5) is 25.3. The van der Waals surface area contributed by atoms with Crippen molar-refractivity contribution in [1.29, 1.82) is 0 Å². The van der Waals surface area contributed by atoms with Crippen molar-refractivity contribution in [2.75, 3.05) is 26.2 Å². The van der Waals surface area contributed by atoms with Gasteiger partial charge < -0.3 is 9.47 Å². The van der Waals surface area contributed by atoms with Gasteiger partial charge in [-0.3, -0.25) is 9.69 Å². The zero-order valence-corrected chi connectivity index (χ0v) is 13.1. The summed E-state index contributed by atoms with van der Waals surface area (Å²) in [7, 11) is 2.00. The summed E-state index contributed by atoms with van der Waals surface area (Å²) in [6.07, 6.45) is 3.76. The molecule has 1 aliphatic rings. The fourth-order valence-electron chi connectivity index (χ4n) is 2.81. The molecule has 112 valence electrons. The molecule has 0 saturated carbocycles. The van der Waals surface area contributed by atoms with E-state index in [2.05, 4.69) is 21.8 Å². The first-order chi connectivity index (χ1) is 10.2. The predicted molar refractivity (Wildman–Crippen MR) is 81.2 cm³/mol. The lowest BCUT2D eigenvalue weighted by Gasteiger charge is -2.40. The van der Waals surface area contributed by atoms with Crippen molar-refractivity contribution in [2.45, 2.75) is 13.0 Å². The molecule has 1 amide bonds. The summed E-state index contributed by atoms with van der Waals surface area (Å²) < 4.78 is 2.03. The molecule has 1 unspecified atom stereocenters. The Balaban J connectivity index is 1.81. The second-order valence-electron chi connectivity index (χ2n) is 5.17. The Labute approximate surface area is 128 Å². The van der Waals surface area contributed by atoms with Crippen LogP contribution < -0.4 is 0 Å². The number of rotatable bonds is 3. The Morgan fingerprint density at radius 1 is 1.43 bits per heavy atom. The molecule has 6 nitrogen and oxygen atoms in total. The molecule has 2 aromatic heterocycles. The summed E-state index contributed by atoms with van der Waals surface area (Å²) in [6.45, 7) is 5.37. The quantitative estimate of drug-likeness (QED) is 0.860. The molecule has 1 aliphatic heterocycles. The number of hydrogen-bond acceptors (Lipinski definition) is 5. The van der Waals surface area contributed by atoms with Crippen LogP contribution in [0.1, 0.15) is 29.3 Å². The van der Waals surface area contributed by atoms with E-state index in [1.807, 2.05) is 34.3 Å². The summed E-state index contributed by atoms with van der Waals surface area (Å²) in [5.41, 5.74) is 2.25. The summed E-state index contributed by atoms with van der Waals surface area (Å²) in [5.74, 6) is 1.03. The first kappa shape index (κ1) is 14.2. The molecule has 0 bridgehead atoms. The fraction of sp³-hybridized carbons (Fsp3) is 0.500. The molecule has 21 heavy (non-hydrogen) atoms. The third kappa shape index (κ3) is 2.71. The Hall–Kier alpha value is -1.73. The van der Waals surface area contributed by atoms with E-state index in [1.54, 1.807) is 5.51 Å². The van der Waals surface area contributed by atoms with Crippen molar-refractivity contribution in [3.63, 3.8) is 0 Å². The normalized spacial score (nSPS) is 19.9. The Morgan fingerprint density at radius 3 is 2.90 bits per heavy atom. The number of aromatic nitrogens is 3. The molecule has 0 aliphatic carbocycles. The Morgan fingerprint density at radius 2 is 2.29 bits per heavy atom. The highest BCUT2D eigenvalue weighted by atomic mass is 32.1. The maximum absolute atomic E-state index is 12.5. The topological polar surface area (TPSA) is 54.3 Å². The molecule has 0 aromatic carbocycles. The monoisotopic (exact) mass is 305 g/mol. The zero-order valence-electron chi connectivity index (χ0n) is 12.3. The van der Waals surface area contributed by atoms with Gasteiger partial charge in [-0.05, 0) is 6.54 Å². The molecular formula is C14H19N5OS. The number of hydrogen-bond donors (Lipinski definition) is 0. The zero-order chi connectivity index (χ0) is 14.8. The maximum Gasteiger partial charge on any atom is 0.273 e. The average Bonchev–Trinajstić information content (AvgIpc) is 3.17. The molecule has 3 rings (SSSR count). The van der Waals surface area contributed by atoms with Gasteiger partial charge in [0, 0.05) is 44.5 Å². The summed E-state index contributed by atoms with van der Waals surface area (Å²) in [5, 5.41) is 1.81. The molecule has 1 saturated heterocycles. The van der Waals surface area contributed by atoms with Crippen LogP contribution in [0, 0.1) is 0 Å². The Kier molecular flexibility index (Phi) is 4.03. The van der Waals surface area contributed by atoms with E-state index in [-0.39, 0.29) is 11.9 Å². The first-order valence-electron chi connectivity index (χ1n) is 7.09. The number of carbonyl (C=O) groups excluding carboxylic acids is 1. The average molecular weight is 305 g/mol. The van der Waals surface area contributed by atoms with Crippen molar-refractivity contribution >= 4 is 17.2 Å². The van der Waals surface area contributed by atoms with Crippen molar-refractivity contribution < 1.29 is 4.79 Å². The van der Waals surface area contributed by atoms with Crippen molar-refractivity contribution in [2.24, 2.45) is 7.05 Å². The lowest BCUT2D eigenvalue weighted by atomic mass is 10.1. The minimum atomic E-state index is 0.0196. The van der Waals surface area contributed by atoms with Gasteiger partial charge in [-0.15, -0.1) is 11.3 Å². The number of piperazine rings is 1. The van der Waals surface area contributed by atoms with E-state index in [1.165, 1.54) is 11.3 Å². The molecule has 0 radical (unpaired) electrons. The minimum absolute atomic E-state index is 0.0196. The maximum atomic E-state index is 12.5. The highest BCUT2D eigenvalue weighted by Crippen LogP contribution is 2.24. The molecular weight excluding hydrogens is 286 g/mol. The summed E-state index contributed by atoms with van der Waals surface area (Å²) >= 11 is 1.45. The van der Waals surface area contributed by atoms with Crippen LogP contribution >= 0.6 is 11.3 Å². The Bertz CT molecular complexity index is 609. The van der Waals surface area contributed by atoms with Gasteiger partial charge in [0.25, 0.3) is 5.91 Å². The third-order valence-corrected chi connectivity index (χ3v) is 4.58. The molecule has 0 spiro atoms. The van der Waals surface area contributed by atoms with Crippen LogP contribution in [0.3, 0.4) is 0 Å². The van der Waals surface area contributed by atoms with E-state index in [4.69, 9.17) is 0 Å². The standard InChI is InChI=1S/C14H19N5OS/c1-3-18-6-7-19(14(20)11-9-21-10-16-11)8-12(18)13-15-4-5-17(13)2/h4-5,9-10,12H,3,6-8H2,1-2H3. The number of carbonyl (C=O) groups is 1. The van der Waals surface area contributed by atoms with Crippen LogP contribution in [0.2, 0.25) is 0 Å². The molecule has 2 aromatic rings. The molecule has 1 fully saturated rings. The first-order valence-corrected chi connectivity index (χ1v) is 8.03. The van der Waals surface area contributed by atoms with Gasteiger partial charge in [0.1, 0.15) is 11.5 Å². The van der Waals surface area contributed by atoms with Crippen LogP contribution in [0.25, 0.3) is 0 Å². The van der Waals surface area contributed by atoms with E-state index >= 15 is 0 Å². The lowest BCUT2D eigenvalue weighted by Crippen LogP contribution is -2.51. The SMILES string of the molecule is CCN1CCN(C(=O)c2cscn2)CC1c1nccn1C. The van der Waals surface area contributed by atoms with E-state index in [0.717, 1.165) is 25.5 Å². The molecule has 1 atom stereocenters. The van der Waals surface area contributed by atoms with E-state index in [9.17, 15) is 4.79 Å². The van der Waals surface area contributed by atoms with Gasteiger partial charge >= 0.3 is 0 Å². The molecule has 7 heteroatoms. The number of nitrogens with zero attached hydrogens (tertiary/aromatic N) is 5. The number of amides is 1. The number of likely N-dealkylation sites (N-methyl/N-ethyl adjacent to an activating group) is 1. The minimum Gasteiger partial charge on any atom is -0.337 e. The highest BCUT2D eigenvalue weighted by molar-refractivity contribution is 7.07. The van der Waals surface area contributed by atoms with Crippen LogP contribution in [-0.2, 0) is 7.05 Å². The largest absolute Gasteiger partial charge is 0.337 e. The van der Waals surface area contributed by atoms with Crippen LogP contribution in [0.5, 0.6) is 0 Å². The predicted octanol–water partition coefficient (Wildman–Crippen LogP) is 1.40. The van der Waals surface area contributed by atoms with E-state index in [0.29, 0.717) is 12.2 Å². The van der Waals surface area contributed by atoms with Gasteiger partial charge in [0.15, 0.2) is 0 Å². The van der Waals surface area contributed by atoms with Gasteiger partial charge in [-0.25, -0.2) is 9.97 Å². The summed E-state index contributed by atoms with van der Waals surface area (Å²) in [6, 6.07) is 0.145. The van der Waals surface area contributed by atoms with Crippen LogP contribution in [-0.4, -0.2) is 56.4 Å². The smallest absolute Gasteiger partial charge is 0.273 e.